The van der Waals surface area contributed by atoms with E-state index in [0.717, 1.165) is 12.1 Å². The molecule has 0 aliphatic carbocycles. The van der Waals surface area contributed by atoms with Crippen LogP contribution in [0.4, 0.5) is 0 Å². The lowest BCUT2D eigenvalue weighted by atomic mass is 10.2. The van der Waals surface area contributed by atoms with Crippen LogP contribution >= 0.6 is 0 Å². The Morgan fingerprint density at radius 1 is 1.43 bits per heavy atom. The quantitative estimate of drug-likeness (QED) is 0.782. The third-order valence-electron chi connectivity index (χ3n) is 1.63. The van der Waals surface area contributed by atoms with E-state index in [1.54, 1.807) is 13.1 Å². The molecule has 1 aromatic heterocycles. The predicted molar refractivity (Wildman–Crippen MR) is 58.4 cm³/mol. The van der Waals surface area contributed by atoms with Crippen LogP contribution in [0.25, 0.3) is 0 Å². The molecular formula is C11H18N2O. The lowest BCUT2D eigenvalue weighted by Crippen LogP contribution is -2.19. The van der Waals surface area contributed by atoms with Crippen LogP contribution in [0.1, 0.15) is 37.0 Å². The van der Waals surface area contributed by atoms with Gasteiger partial charge in [0.1, 0.15) is 5.69 Å². The van der Waals surface area contributed by atoms with Crippen molar-refractivity contribution in [3.05, 3.63) is 29.6 Å². The van der Waals surface area contributed by atoms with Gasteiger partial charge in [-0.1, -0.05) is 26.8 Å². The first-order valence-corrected chi connectivity index (χ1v) is 4.96. The minimum absolute atomic E-state index is 0.134. The van der Waals surface area contributed by atoms with Gasteiger partial charge in [-0.25, -0.2) is 4.98 Å². The van der Waals surface area contributed by atoms with Gasteiger partial charge in [0.15, 0.2) is 0 Å². The fraction of sp³-hybridized carbons (Fsp3) is 0.455. The van der Waals surface area contributed by atoms with E-state index < -0.39 is 0 Å². The van der Waals surface area contributed by atoms with Crippen molar-refractivity contribution in [3.8, 4) is 0 Å². The molecule has 1 N–H and O–H groups in total. The Morgan fingerprint density at radius 3 is 2.57 bits per heavy atom. The summed E-state index contributed by atoms with van der Waals surface area (Å²) in [7, 11) is 1.60. The Bertz CT molecular complexity index is 284. The molecule has 0 aliphatic rings. The van der Waals surface area contributed by atoms with Crippen molar-refractivity contribution in [1.29, 1.82) is 0 Å². The predicted octanol–water partition coefficient (Wildman–Crippen LogP) is 2.03. The highest BCUT2D eigenvalue weighted by Crippen LogP contribution is 1.99. The summed E-state index contributed by atoms with van der Waals surface area (Å²) in [4.78, 5) is 15.3. The molecule has 1 rings (SSSR count). The average molecular weight is 194 g/mol. The molecule has 3 nitrogen and oxygen atoms in total. The molecule has 78 valence electrons. The number of aryl methyl sites for hydroxylation is 1. The number of amides is 1. The van der Waals surface area contributed by atoms with Crippen LogP contribution in [-0.4, -0.2) is 17.9 Å². The summed E-state index contributed by atoms with van der Waals surface area (Å²) in [5.74, 6) is -0.134. The number of nitrogens with zero attached hydrogens (tertiary/aromatic N) is 1. The molecule has 0 spiro atoms. The van der Waals surface area contributed by atoms with E-state index in [9.17, 15) is 4.79 Å². The standard InChI is InChI=1S/C9H12N2O.C2H6/c1-3-7-5-4-6-8(11-7)9(12)10-2;1-2/h4-6H,3H2,1-2H3,(H,10,12);1-2H3. The second kappa shape index (κ2) is 7.06. The molecule has 3 heteroatoms. The molecule has 1 amide bonds. The molecule has 0 aromatic carbocycles. The number of carbonyl (C=O) groups is 1. The van der Waals surface area contributed by atoms with Crippen molar-refractivity contribution in [1.82, 2.24) is 10.3 Å². The van der Waals surface area contributed by atoms with Crippen LogP contribution in [0.5, 0.6) is 0 Å². The molecule has 0 saturated carbocycles. The van der Waals surface area contributed by atoms with Gasteiger partial charge in [0.25, 0.3) is 5.91 Å². The fourth-order valence-corrected chi connectivity index (χ4v) is 0.931. The first-order chi connectivity index (χ1) is 6.77. The maximum atomic E-state index is 11.1. The van der Waals surface area contributed by atoms with Crippen molar-refractivity contribution >= 4 is 5.91 Å². The summed E-state index contributed by atoms with van der Waals surface area (Å²) in [6, 6.07) is 5.46. The number of pyridine rings is 1. The summed E-state index contributed by atoms with van der Waals surface area (Å²) in [5, 5.41) is 2.53. The smallest absolute Gasteiger partial charge is 0.269 e. The number of hydrogen-bond donors (Lipinski definition) is 1. The zero-order valence-corrected chi connectivity index (χ0v) is 9.29. The molecule has 0 bridgehead atoms. The van der Waals surface area contributed by atoms with Gasteiger partial charge in [-0.2, -0.15) is 0 Å². The van der Waals surface area contributed by atoms with E-state index >= 15 is 0 Å². The summed E-state index contributed by atoms with van der Waals surface area (Å²) in [6.07, 6.45) is 0.852. The van der Waals surface area contributed by atoms with Gasteiger partial charge in [0, 0.05) is 12.7 Å². The van der Waals surface area contributed by atoms with Gasteiger partial charge in [0.05, 0.1) is 0 Å². The maximum Gasteiger partial charge on any atom is 0.269 e. The minimum Gasteiger partial charge on any atom is -0.354 e. The Balaban J connectivity index is 0.000000791. The summed E-state index contributed by atoms with van der Waals surface area (Å²) >= 11 is 0. The van der Waals surface area contributed by atoms with Crippen LogP contribution in [-0.2, 0) is 6.42 Å². The lowest BCUT2D eigenvalue weighted by molar-refractivity contribution is 0.0958. The fourth-order valence-electron chi connectivity index (χ4n) is 0.931. The number of aromatic nitrogens is 1. The Labute approximate surface area is 85.6 Å². The number of rotatable bonds is 2. The molecule has 0 saturated heterocycles. The van der Waals surface area contributed by atoms with Crippen molar-refractivity contribution < 1.29 is 4.79 Å². The number of carbonyl (C=O) groups excluding carboxylic acids is 1. The Kier molecular flexibility index (Phi) is 6.37. The highest BCUT2D eigenvalue weighted by atomic mass is 16.1. The highest BCUT2D eigenvalue weighted by molar-refractivity contribution is 5.91. The molecule has 14 heavy (non-hydrogen) atoms. The zero-order valence-electron chi connectivity index (χ0n) is 9.29. The summed E-state index contributed by atoms with van der Waals surface area (Å²) < 4.78 is 0. The first-order valence-electron chi connectivity index (χ1n) is 4.96. The molecular weight excluding hydrogens is 176 g/mol. The maximum absolute atomic E-state index is 11.1. The lowest BCUT2D eigenvalue weighted by Gasteiger charge is -2.00. The van der Waals surface area contributed by atoms with Gasteiger partial charge >= 0.3 is 0 Å². The third-order valence-corrected chi connectivity index (χ3v) is 1.63. The Morgan fingerprint density at radius 2 is 2.07 bits per heavy atom. The SMILES string of the molecule is CC.CCc1cccc(C(=O)NC)n1. The molecule has 0 aliphatic heterocycles. The van der Waals surface area contributed by atoms with E-state index in [4.69, 9.17) is 0 Å². The molecule has 1 heterocycles. The van der Waals surface area contributed by atoms with E-state index in [0.29, 0.717) is 5.69 Å². The number of hydrogen-bond acceptors (Lipinski definition) is 2. The molecule has 0 unspecified atom stereocenters. The monoisotopic (exact) mass is 194 g/mol. The van der Waals surface area contributed by atoms with Crippen LogP contribution in [0.15, 0.2) is 18.2 Å². The zero-order chi connectivity index (χ0) is 11.0. The first kappa shape index (κ1) is 12.6. The topological polar surface area (TPSA) is 42.0 Å². The van der Waals surface area contributed by atoms with E-state index in [1.165, 1.54) is 0 Å². The van der Waals surface area contributed by atoms with Crippen LogP contribution in [0.3, 0.4) is 0 Å². The second-order valence-corrected chi connectivity index (χ2v) is 2.45. The van der Waals surface area contributed by atoms with Gasteiger partial charge in [-0.3, -0.25) is 4.79 Å². The van der Waals surface area contributed by atoms with E-state index in [-0.39, 0.29) is 5.91 Å². The van der Waals surface area contributed by atoms with Gasteiger partial charge in [0.2, 0.25) is 0 Å². The highest BCUT2D eigenvalue weighted by Gasteiger charge is 2.03. The summed E-state index contributed by atoms with van der Waals surface area (Å²) in [6.45, 7) is 6.01. The van der Waals surface area contributed by atoms with Gasteiger partial charge in [-0.05, 0) is 18.6 Å². The summed E-state index contributed by atoms with van der Waals surface area (Å²) in [5.41, 5.74) is 1.42. The molecule has 0 fully saturated rings. The largest absolute Gasteiger partial charge is 0.354 e. The Hall–Kier alpha value is -1.38. The van der Waals surface area contributed by atoms with Crippen molar-refractivity contribution in [3.63, 3.8) is 0 Å². The normalized spacial score (nSPS) is 8.57. The molecule has 0 radical (unpaired) electrons. The second-order valence-electron chi connectivity index (χ2n) is 2.45. The van der Waals surface area contributed by atoms with Crippen LogP contribution < -0.4 is 5.32 Å². The van der Waals surface area contributed by atoms with Gasteiger partial charge < -0.3 is 5.32 Å². The molecule has 0 atom stereocenters. The van der Waals surface area contributed by atoms with E-state index in [2.05, 4.69) is 10.3 Å². The van der Waals surface area contributed by atoms with Crippen molar-refractivity contribution in [2.45, 2.75) is 27.2 Å². The van der Waals surface area contributed by atoms with Crippen LogP contribution in [0.2, 0.25) is 0 Å². The average Bonchev–Trinajstić information content (AvgIpc) is 2.30. The minimum atomic E-state index is -0.134. The van der Waals surface area contributed by atoms with Crippen LogP contribution in [0, 0.1) is 0 Å². The third kappa shape index (κ3) is 3.56. The number of nitrogens with one attached hydrogen (secondary N) is 1. The van der Waals surface area contributed by atoms with E-state index in [1.807, 2.05) is 32.9 Å². The molecule has 1 aromatic rings. The van der Waals surface area contributed by atoms with Gasteiger partial charge in [-0.15, -0.1) is 0 Å². The van der Waals surface area contributed by atoms with Crippen molar-refractivity contribution in [2.75, 3.05) is 7.05 Å². The van der Waals surface area contributed by atoms with Crippen molar-refractivity contribution in [2.24, 2.45) is 0 Å².